The van der Waals surface area contributed by atoms with Gasteiger partial charge in [-0.1, -0.05) is 18.2 Å². The van der Waals surface area contributed by atoms with Crippen LogP contribution in [0, 0.1) is 5.92 Å². The summed E-state index contributed by atoms with van der Waals surface area (Å²) >= 11 is 0. The standard InChI is InChI=1S/C17H25N3O3S.ClH/c21-17(14-15-6-8-18-9-7-15)19-10-12-20(13-11-19)24(22,23)16-4-2-1-3-5-16;/h1-5,15,18H,6-14H2;1H. The molecule has 0 unspecified atom stereocenters. The molecule has 1 amide bonds. The summed E-state index contributed by atoms with van der Waals surface area (Å²) in [4.78, 5) is 14.6. The summed E-state index contributed by atoms with van der Waals surface area (Å²) in [5.74, 6) is 0.628. The SMILES string of the molecule is Cl.O=C(CC1CCNCC1)N1CCN(S(=O)(=O)c2ccccc2)CC1. The summed E-state index contributed by atoms with van der Waals surface area (Å²) in [5, 5.41) is 3.31. The zero-order valence-corrected chi connectivity index (χ0v) is 15.9. The first kappa shape index (κ1) is 20.2. The van der Waals surface area contributed by atoms with E-state index < -0.39 is 10.0 Å². The average molecular weight is 388 g/mol. The number of piperazine rings is 1. The molecule has 140 valence electrons. The van der Waals surface area contributed by atoms with E-state index in [0.717, 1.165) is 25.9 Å². The Balaban J connectivity index is 0.00000225. The molecule has 2 aliphatic heterocycles. The van der Waals surface area contributed by atoms with Crippen molar-refractivity contribution >= 4 is 28.3 Å². The molecule has 2 aliphatic rings. The van der Waals surface area contributed by atoms with Crippen LogP contribution >= 0.6 is 12.4 Å². The molecule has 0 bridgehead atoms. The van der Waals surface area contributed by atoms with Crippen LogP contribution in [0.2, 0.25) is 0 Å². The van der Waals surface area contributed by atoms with Crippen LogP contribution in [-0.4, -0.2) is 62.8 Å². The fourth-order valence-corrected chi connectivity index (χ4v) is 4.82. The molecule has 25 heavy (non-hydrogen) atoms. The van der Waals surface area contributed by atoms with Crippen LogP contribution in [0.25, 0.3) is 0 Å². The van der Waals surface area contributed by atoms with E-state index in [-0.39, 0.29) is 18.3 Å². The van der Waals surface area contributed by atoms with Crippen molar-refractivity contribution in [1.29, 1.82) is 0 Å². The van der Waals surface area contributed by atoms with E-state index in [1.54, 1.807) is 30.3 Å². The van der Waals surface area contributed by atoms with Gasteiger partial charge in [0.25, 0.3) is 0 Å². The number of hydrogen-bond donors (Lipinski definition) is 1. The molecular weight excluding hydrogens is 362 g/mol. The molecule has 2 heterocycles. The number of hydrogen-bond acceptors (Lipinski definition) is 4. The van der Waals surface area contributed by atoms with E-state index >= 15 is 0 Å². The van der Waals surface area contributed by atoms with Crippen molar-refractivity contribution < 1.29 is 13.2 Å². The number of piperidine rings is 1. The topological polar surface area (TPSA) is 69.7 Å². The molecule has 2 fully saturated rings. The molecule has 0 saturated carbocycles. The van der Waals surface area contributed by atoms with Gasteiger partial charge in [0.15, 0.2) is 0 Å². The van der Waals surface area contributed by atoms with E-state index in [2.05, 4.69) is 5.32 Å². The van der Waals surface area contributed by atoms with Crippen LogP contribution in [-0.2, 0) is 14.8 Å². The van der Waals surface area contributed by atoms with Gasteiger partial charge in [-0.2, -0.15) is 4.31 Å². The third-order valence-electron chi connectivity index (χ3n) is 4.89. The van der Waals surface area contributed by atoms with Gasteiger partial charge in [-0.15, -0.1) is 12.4 Å². The highest BCUT2D eigenvalue weighted by atomic mass is 35.5. The number of rotatable bonds is 4. The lowest BCUT2D eigenvalue weighted by atomic mass is 9.94. The van der Waals surface area contributed by atoms with Crippen LogP contribution in [0.15, 0.2) is 35.2 Å². The number of halogens is 1. The third-order valence-corrected chi connectivity index (χ3v) is 6.81. The van der Waals surface area contributed by atoms with E-state index in [1.807, 2.05) is 4.90 Å². The van der Waals surface area contributed by atoms with Gasteiger partial charge in [0, 0.05) is 32.6 Å². The Morgan fingerprint density at radius 2 is 1.64 bits per heavy atom. The van der Waals surface area contributed by atoms with Gasteiger partial charge >= 0.3 is 0 Å². The summed E-state index contributed by atoms with van der Waals surface area (Å²) < 4.78 is 26.7. The minimum Gasteiger partial charge on any atom is -0.340 e. The monoisotopic (exact) mass is 387 g/mol. The van der Waals surface area contributed by atoms with Gasteiger partial charge in [-0.3, -0.25) is 4.79 Å². The Hall–Kier alpha value is -1.15. The summed E-state index contributed by atoms with van der Waals surface area (Å²) in [5.41, 5.74) is 0. The van der Waals surface area contributed by atoms with E-state index in [1.165, 1.54) is 4.31 Å². The highest BCUT2D eigenvalue weighted by Gasteiger charge is 2.30. The Morgan fingerprint density at radius 3 is 2.24 bits per heavy atom. The number of nitrogens with one attached hydrogen (secondary N) is 1. The maximum atomic E-state index is 12.6. The van der Waals surface area contributed by atoms with Crippen LogP contribution in [0.5, 0.6) is 0 Å². The zero-order valence-electron chi connectivity index (χ0n) is 14.3. The molecule has 1 N–H and O–H groups in total. The van der Waals surface area contributed by atoms with Crippen LogP contribution in [0.1, 0.15) is 19.3 Å². The molecule has 3 rings (SSSR count). The first-order valence-electron chi connectivity index (χ1n) is 8.61. The molecule has 0 atom stereocenters. The first-order chi connectivity index (χ1) is 11.6. The average Bonchev–Trinajstić information content (AvgIpc) is 2.63. The maximum absolute atomic E-state index is 12.6. The molecule has 0 radical (unpaired) electrons. The molecule has 0 aromatic heterocycles. The fourth-order valence-electron chi connectivity index (χ4n) is 3.38. The zero-order chi connectivity index (χ0) is 17.0. The fraction of sp³-hybridized carbons (Fsp3) is 0.588. The second kappa shape index (κ2) is 8.98. The smallest absolute Gasteiger partial charge is 0.243 e. The minimum absolute atomic E-state index is 0. The molecule has 0 aliphatic carbocycles. The van der Waals surface area contributed by atoms with Gasteiger partial charge < -0.3 is 10.2 Å². The lowest BCUT2D eigenvalue weighted by molar-refractivity contribution is -0.133. The molecule has 0 spiro atoms. The maximum Gasteiger partial charge on any atom is 0.243 e. The Kier molecular flexibility index (Phi) is 7.25. The summed E-state index contributed by atoms with van der Waals surface area (Å²) in [7, 11) is -3.45. The van der Waals surface area contributed by atoms with Crippen molar-refractivity contribution in [3.05, 3.63) is 30.3 Å². The Bertz CT molecular complexity index is 655. The van der Waals surface area contributed by atoms with Gasteiger partial charge in [0.2, 0.25) is 15.9 Å². The van der Waals surface area contributed by atoms with Gasteiger partial charge in [0.05, 0.1) is 4.90 Å². The summed E-state index contributed by atoms with van der Waals surface area (Å²) in [6.07, 6.45) is 2.69. The van der Waals surface area contributed by atoms with E-state index in [4.69, 9.17) is 0 Å². The highest BCUT2D eigenvalue weighted by molar-refractivity contribution is 7.89. The third kappa shape index (κ3) is 4.94. The van der Waals surface area contributed by atoms with Crippen molar-refractivity contribution in [3.63, 3.8) is 0 Å². The van der Waals surface area contributed by atoms with Crippen LogP contribution in [0.3, 0.4) is 0 Å². The van der Waals surface area contributed by atoms with E-state index in [9.17, 15) is 13.2 Å². The lowest BCUT2D eigenvalue weighted by Crippen LogP contribution is -2.50. The Labute approximate surface area is 156 Å². The minimum atomic E-state index is -3.45. The first-order valence-corrected chi connectivity index (χ1v) is 10.0. The number of nitrogens with zero attached hydrogens (tertiary/aromatic N) is 2. The molecule has 1 aromatic rings. The summed E-state index contributed by atoms with van der Waals surface area (Å²) in [6, 6.07) is 8.49. The number of sulfonamides is 1. The lowest BCUT2D eigenvalue weighted by Gasteiger charge is -2.35. The Morgan fingerprint density at radius 1 is 1.04 bits per heavy atom. The number of amides is 1. The van der Waals surface area contributed by atoms with Crippen molar-refractivity contribution in [1.82, 2.24) is 14.5 Å². The van der Waals surface area contributed by atoms with Crippen molar-refractivity contribution in [2.45, 2.75) is 24.2 Å². The molecule has 2 saturated heterocycles. The molecular formula is C17H26ClN3O3S. The van der Waals surface area contributed by atoms with Crippen molar-refractivity contribution in [2.75, 3.05) is 39.3 Å². The van der Waals surface area contributed by atoms with Crippen LogP contribution in [0.4, 0.5) is 0 Å². The van der Waals surface area contributed by atoms with Gasteiger partial charge in [-0.25, -0.2) is 8.42 Å². The normalized spacial score (nSPS) is 20.1. The van der Waals surface area contributed by atoms with Crippen LogP contribution < -0.4 is 5.32 Å². The number of benzene rings is 1. The highest BCUT2D eigenvalue weighted by Crippen LogP contribution is 2.20. The second-order valence-corrected chi connectivity index (χ2v) is 8.43. The predicted octanol–water partition coefficient (Wildman–Crippen LogP) is 1.33. The predicted molar refractivity (Wildman–Crippen MR) is 99.2 cm³/mol. The summed E-state index contributed by atoms with van der Waals surface area (Å²) in [6.45, 7) is 3.68. The number of carbonyl (C=O) groups excluding carboxylic acids is 1. The van der Waals surface area contributed by atoms with Gasteiger partial charge in [-0.05, 0) is 44.0 Å². The van der Waals surface area contributed by atoms with Gasteiger partial charge in [0.1, 0.15) is 0 Å². The number of carbonyl (C=O) groups is 1. The molecule has 8 heteroatoms. The molecule has 1 aromatic carbocycles. The molecule has 6 nitrogen and oxygen atoms in total. The van der Waals surface area contributed by atoms with E-state index in [0.29, 0.717) is 43.4 Å². The quantitative estimate of drug-likeness (QED) is 0.846. The second-order valence-electron chi connectivity index (χ2n) is 6.50. The van der Waals surface area contributed by atoms with Crippen molar-refractivity contribution in [3.8, 4) is 0 Å². The largest absolute Gasteiger partial charge is 0.340 e. The van der Waals surface area contributed by atoms with Crippen molar-refractivity contribution in [2.24, 2.45) is 5.92 Å².